The Bertz CT molecular complexity index is 685. The number of alkyl halides is 3. The maximum Gasteiger partial charge on any atom is 0.413 e. The second kappa shape index (κ2) is 5.36. The van der Waals surface area contributed by atoms with Crippen molar-refractivity contribution in [3.05, 3.63) is 65.7 Å². The molecule has 1 heterocycles. The van der Waals surface area contributed by atoms with Gasteiger partial charge in [-0.25, -0.2) is 4.79 Å². The summed E-state index contributed by atoms with van der Waals surface area (Å²) in [5, 5.41) is 2.52. The lowest BCUT2D eigenvalue weighted by Gasteiger charge is -2.38. The molecular formula is C16H13F3N2O. The lowest BCUT2D eigenvalue weighted by Crippen LogP contribution is -2.47. The molecule has 6 heteroatoms. The average molecular weight is 306 g/mol. The highest BCUT2D eigenvalue weighted by Gasteiger charge is 2.49. The van der Waals surface area contributed by atoms with Crippen LogP contribution in [0.1, 0.15) is 17.2 Å². The Labute approximate surface area is 125 Å². The first-order chi connectivity index (χ1) is 10.5. The standard InChI is InChI=1S/C16H13F3N2O/c17-16(18,19)14-12-8-4-5-9-13(12)20-15(22)21(14)10-11-6-2-1-3-7-11/h1-9,14H,10H2,(H,20,22). The molecule has 0 aromatic heterocycles. The van der Waals surface area contributed by atoms with Crippen LogP contribution in [0.4, 0.5) is 23.7 Å². The van der Waals surface area contributed by atoms with Crippen molar-refractivity contribution in [3.63, 3.8) is 0 Å². The molecule has 0 saturated heterocycles. The normalized spacial score (nSPS) is 17.9. The minimum Gasteiger partial charge on any atom is -0.307 e. The average Bonchev–Trinajstić information content (AvgIpc) is 2.47. The molecule has 0 saturated carbocycles. The Hall–Kier alpha value is -2.50. The number of nitrogens with zero attached hydrogens (tertiary/aromatic N) is 1. The van der Waals surface area contributed by atoms with Crippen molar-refractivity contribution >= 4 is 11.7 Å². The number of fused-ring (bicyclic) bond motifs is 1. The Kier molecular flexibility index (Phi) is 3.52. The summed E-state index contributed by atoms with van der Waals surface area (Å²) in [7, 11) is 0. The van der Waals surface area contributed by atoms with Crippen LogP contribution in [0.2, 0.25) is 0 Å². The van der Waals surface area contributed by atoms with Gasteiger partial charge in [0.25, 0.3) is 0 Å². The maximum absolute atomic E-state index is 13.5. The summed E-state index contributed by atoms with van der Waals surface area (Å²) in [6.45, 7) is -0.106. The summed E-state index contributed by atoms with van der Waals surface area (Å²) in [4.78, 5) is 13.0. The van der Waals surface area contributed by atoms with Gasteiger partial charge in [0.15, 0.2) is 6.04 Å². The van der Waals surface area contributed by atoms with Crippen molar-refractivity contribution in [3.8, 4) is 0 Å². The molecule has 1 N–H and O–H groups in total. The van der Waals surface area contributed by atoms with Gasteiger partial charge in [-0.05, 0) is 11.6 Å². The number of rotatable bonds is 2. The van der Waals surface area contributed by atoms with Gasteiger partial charge in [-0.3, -0.25) is 0 Å². The van der Waals surface area contributed by atoms with E-state index in [9.17, 15) is 18.0 Å². The van der Waals surface area contributed by atoms with Crippen molar-refractivity contribution in [1.82, 2.24) is 4.90 Å². The summed E-state index contributed by atoms with van der Waals surface area (Å²) in [5.74, 6) is 0. The van der Waals surface area contributed by atoms with Gasteiger partial charge in [0.2, 0.25) is 0 Å². The number of anilines is 1. The third kappa shape index (κ3) is 2.64. The van der Waals surface area contributed by atoms with Crippen LogP contribution in [0.3, 0.4) is 0 Å². The Morgan fingerprint density at radius 1 is 1.00 bits per heavy atom. The van der Waals surface area contributed by atoms with Crippen molar-refractivity contribution in [1.29, 1.82) is 0 Å². The van der Waals surface area contributed by atoms with Gasteiger partial charge in [-0.2, -0.15) is 13.2 Å². The number of carbonyl (C=O) groups excluding carboxylic acids is 1. The number of halogens is 3. The molecule has 2 aromatic rings. The highest BCUT2D eigenvalue weighted by molar-refractivity contribution is 5.93. The molecule has 114 valence electrons. The van der Waals surface area contributed by atoms with E-state index in [0.29, 0.717) is 5.56 Å². The number of benzene rings is 2. The minimum absolute atomic E-state index is 0.0607. The first-order valence-electron chi connectivity index (χ1n) is 6.74. The van der Waals surface area contributed by atoms with Gasteiger partial charge < -0.3 is 10.2 Å². The SMILES string of the molecule is O=C1Nc2ccccc2C(C(F)(F)F)N1Cc1ccccc1. The zero-order valence-corrected chi connectivity index (χ0v) is 11.5. The van der Waals surface area contributed by atoms with Gasteiger partial charge in [0.1, 0.15) is 0 Å². The quantitative estimate of drug-likeness (QED) is 0.879. The molecule has 0 aliphatic carbocycles. The first-order valence-corrected chi connectivity index (χ1v) is 6.74. The van der Waals surface area contributed by atoms with E-state index in [1.165, 1.54) is 18.2 Å². The summed E-state index contributed by atoms with van der Waals surface area (Å²) >= 11 is 0. The zero-order chi connectivity index (χ0) is 15.7. The maximum atomic E-state index is 13.5. The zero-order valence-electron chi connectivity index (χ0n) is 11.5. The third-order valence-corrected chi connectivity index (χ3v) is 3.58. The molecule has 1 aliphatic heterocycles. The smallest absolute Gasteiger partial charge is 0.307 e. The van der Waals surface area contributed by atoms with Crippen LogP contribution in [0.25, 0.3) is 0 Å². The van der Waals surface area contributed by atoms with Crippen LogP contribution in [-0.4, -0.2) is 17.1 Å². The molecule has 1 atom stereocenters. The number of nitrogens with one attached hydrogen (secondary N) is 1. The lowest BCUT2D eigenvalue weighted by molar-refractivity contribution is -0.179. The van der Waals surface area contributed by atoms with Crippen LogP contribution < -0.4 is 5.32 Å². The van der Waals surface area contributed by atoms with Crippen LogP contribution in [0.5, 0.6) is 0 Å². The number of carbonyl (C=O) groups is 1. The Morgan fingerprint density at radius 3 is 2.32 bits per heavy atom. The van der Waals surface area contributed by atoms with E-state index in [1.54, 1.807) is 36.4 Å². The molecule has 22 heavy (non-hydrogen) atoms. The Balaban J connectivity index is 2.02. The van der Waals surface area contributed by atoms with E-state index in [4.69, 9.17) is 0 Å². The van der Waals surface area contributed by atoms with Gasteiger partial charge in [-0.1, -0.05) is 48.5 Å². The lowest BCUT2D eigenvalue weighted by atomic mass is 9.99. The molecular weight excluding hydrogens is 293 g/mol. The van der Waals surface area contributed by atoms with E-state index >= 15 is 0 Å². The van der Waals surface area contributed by atoms with Crippen molar-refractivity contribution in [2.45, 2.75) is 18.8 Å². The second-order valence-electron chi connectivity index (χ2n) is 5.08. The number of hydrogen-bond acceptors (Lipinski definition) is 1. The highest BCUT2D eigenvalue weighted by atomic mass is 19.4. The van der Waals surface area contributed by atoms with Crippen molar-refractivity contribution in [2.75, 3.05) is 5.32 Å². The topological polar surface area (TPSA) is 32.3 Å². The number of para-hydroxylation sites is 1. The third-order valence-electron chi connectivity index (χ3n) is 3.58. The van der Waals surface area contributed by atoms with E-state index in [1.807, 2.05) is 0 Å². The van der Waals surface area contributed by atoms with Crippen molar-refractivity contribution < 1.29 is 18.0 Å². The fourth-order valence-electron chi connectivity index (χ4n) is 2.62. The largest absolute Gasteiger partial charge is 0.413 e. The van der Waals surface area contributed by atoms with Crippen molar-refractivity contribution in [2.24, 2.45) is 0 Å². The predicted octanol–water partition coefficient (Wildman–Crippen LogP) is 4.34. The minimum atomic E-state index is -4.54. The Morgan fingerprint density at radius 2 is 1.64 bits per heavy atom. The number of urea groups is 1. The van der Waals surface area contributed by atoms with Crippen LogP contribution in [-0.2, 0) is 6.54 Å². The molecule has 3 nitrogen and oxygen atoms in total. The number of amides is 2. The van der Waals surface area contributed by atoms with E-state index in [2.05, 4.69) is 5.32 Å². The van der Waals surface area contributed by atoms with E-state index in [-0.39, 0.29) is 17.8 Å². The molecule has 1 unspecified atom stereocenters. The van der Waals surface area contributed by atoms with Crippen LogP contribution in [0, 0.1) is 0 Å². The molecule has 0 bridgehead atoms. The molecule has 0 fully saturated rings. The molecule has 0 radical (unpaired) electrons. The van der Waals surface area contributed by atoms with E-state index < -0.39 is 18.2 Å². The molecule has 0 spiro atoms. The van der Waals surface area contributed by atoms with Gasteiger partial charge in [0.05, 0.1) is 0 Å². The number of hydrogen-bond donors (Lipinski definition) is 1. The second-order valence-corrected chi connectivity index (χ2v) is 5.08. The first kappa shape index (κ1) is 14.4. The summed E-state index contributed by atoms with van der Waals surface area (Å²) in [6, 6.07) is 11.9. The summed E-state index contributed by atoms with van der Waals surface area (Å²) in [6.07, 6.45) is -4.54. The van der Waals surface area contributed by atoms with Crippen LogP contribution in [0.15, 0.2) is 54.6 Å². The summed E-state index contributed by atoms with van der Waals surface area (Å²) < 4.78 is 40.6. The van der Waals surface area contributed by atoms with Crippen LogP contribution >= 0.6 is 0 Å². The van der Waals surface area contributed by atoms with Gasteiger partial charge >= 0.3 is 12.2 Å². The molecule has 2 aromatic carbocycles. The highest BCUT2D eigenvalue weighted by Crippen LogP contribution is 2.44. The van der Waals surface area contributed by atoms with Gasteiger partial charge in [0, 0.05) is 17.8 Å². The molecule has 3 rings (SSSR count). The monoisotopic (exact) mass is 306 g/mol. The fourth-order valence-corrected chi connectivity index (χ4v) is 2.62. The van der Waals surface area contributed by atoms with Gasteiger partial charge in [-0.15, -0.1) is 0 Å². The molecule has 2 amide bonds. The fraction of sp³-hybridized carbons (Fsp3) is 0.188. The predicted molar refractivity (Wildman–Crippen MR) is 76.2 cm³/mol. The molecule has 1 aliphatic rings. The van der Waals surface area contributed by atoms with E-state index in [0.717, 1.165) is 4.90 Å². The summed E-state index contributed by atoms with van der Waals surface area (Å²) in [5.41, 5.74) is 0.913.